The summed E-state index contributed by atoms with van der Waals surface area (Å²) in [4.78, 5) is 27.5. The molecule has 0 unspecified atom stereocenters. The van der Waals surface area contributed by atoms with E-state index in [1.807, 2.05) is 41.3 Å². The smallest absolute Gasteiger partial charge is 0.321 e. The van der Waals surface area contributed by atoms with Gasteiger partial charge >= 0.3 is 6.03 Å². The Morgan fingerprint density at radius 3 is 2.53 bits per heavy atom. The predicted octanol–water partition coefficient (Wildman–Crippen LogP) is 3.45. The first kappa shape index (κ1) is 19.7. The van der Waals surface area contributed by atoms with Gasteiger partial charge in [-0.25, -0.2) is 24.3 Å². The van der Waals surface area contributed by atoms with Gasteiger partial charge in [-0.3, -0.25) is 0 Å². The van der Waals surface area contributed by atoms with Gasteiger partial charge in [0.25, 0.3) is 0 Å². The molecular formula is C22H23N9O. The number of nitrogen functional groups attached to an aromatic ring is 1. The van der Waals surface area contributed by atoms with Crippen molar-refractivity contribution in [3.05, 3.63) is 54.5 Å². The zero-order valence-corrected chi connectivity index (χ0v) is 17.6. The van der Waals surface area contributed by atoms with E-state index >= 15 is 0 Å². The Bertz CT molecular complexity index is 1260. The van der Waals surface area contributed by atoms with Crippen LogP contribution >= 0.6 is 0 Å². The number of imidazole rings is 1. The lowest BCUT2D eigenvalue weighted by atomic mass is 10.2. The van der Waals surface area contributed by atoms with Gasteiger partial charge in [-0.05, 0) is 56.2 Å². The minimum atomic E-state index is -0.0614. The molecule has 3 aromatic heterocycles. The van der Waals surface area contributed by atoms with Gasteiger partial charge in [-0.1, -0.05) is 0 Å². The van der Waals surface area contributed by atoms with Crippen molar-refractivity contribution in [3.63, 3.8) is 0 Å². The van der Waals surface area contributed by atoms with Gasteiger partial charge in [-0.15, -0.1) is 0 Å². The molecule has 1 aliphatic rings. The van der Waals surface area contributed by atoms with Crippen LogP contribution in [0.25, 0.3) is 17.0 Å². The molecule has 0 radical (unpaired) electrons. The number of likely N-dealkylation sites (tertiary alicyclic amines) is 1. The summed E-state index contributed by atoms with van der Waals surface area (Å²) in [5.41, 5.74) is 9.49. The molecule has 5 rings (SSSR count). The van der Waals surface area contributed by atoms with Crippen LogP contribution in [0.4, 0.5) is 27.8 Å². The van der Waals surface area contributed by atoms with Gasteiger partial charge in [0.05, 0.1) is 5.69 Å². The van der Waals surface area contributed by atoms with Crippen molar-refractivity contribution in [1.82, 2.24) is 29.5 Å². The number of nitrogens with one attached hydrogen (secondary N) is 2. The quantitative estimate of drug-likeness (QED) is 0.453. The Balaban J connectivity index is 1.43. The zero-order valence-electron chi connectivity index (χ0n) is 17.6. The van der Waals surface area contributed by atoms with Crippen molar-refractivity contribution in [2.24, 2.45) is 0 Å². The lowest BCUT2D eigenvalue weighted by Crippen LogP contribution is -2.32. The maximum Gasteiger partial charge on any atom is 0.321 e. The summed E-state index contributed by atoms with van der Waals surface area (Å²) < 4.78 is 1.72. The normalized spacial score (nSPS) is 13.5. The summed E-state index contributed by atoms with van der Waals surface area (Å²) in [6.45, 7) is 3.41. The molecule has 32 heavy (non-hydrogen) atoms. The minimum absolute atomic E-state index is 0.0614. The van der Waals surface area contributed by atoms with Crippen LogP contribution in [0.2, 0.25) is 0 Å². The third-order valence-electron chi connectivity index (χ3n) is 5.29. The second kappa shape index (κ2) is 8.14. The Morgan fingerprint density at radius 1 is 1.03 bits per heavy atom. The van der Waals surface area contributed by atoms with Gasteiger partial charge in [0.2, 0.25) is 0 Å². The van der Waals surface area contributed by atoms with Gasteiger partial charge in [0, 0.05) is 36.7 Å². The van der Waals surface area contributed by atoms with Crippen molar-refractivity contribution in [3.8, 4) is 11.4 Å². The Kier molecular flexibility index (Phi) is 5.02. The maximum atomic E-state index is 12.3. The number of hydrogen-bond donors (Lipinski definition) is 3. The van der Waals surface area contributed by atoms with E-state index in [-0.39, 0.29) is 6.03 Å². The number of urea groups is 1. The highest BCUT2D eigenvalue weighted by Crippen LogP contribution is 2.30. The third-order valence-corrected chi connectivity index (χ3v) is 5.29. The largest absolute Gasteiger partial charge is 0.384 e. The molecule has 1 fully saturated rings. The second-order valence-corrected chi connectivity index (χ2v) is 7.65. The molecule has 10 heteroatoms. The Morgan fingerprint density at radius 2 is 1.78 bits per heavy atom. The molecule has 0 atom stereocenters. The van der Waals surface area contributed by atoms with E-state index in [0.29, 0.717) is 34.5 Å². The Hall–Kier alpha value is -4.21. The van der Waals surface area contributed by atoms with Crippen molar-refractivity contribution < 1.29 is 4.79 Å². The summed E-state index contributed by atoms with van der Waals surface area (Å²) in [6, 6.07) is 12.8. The van der Waals surface area contributed by atoms with Gasteiger partial charge < -0.3 is 21.3 Å². The number of fused-ring (bicyclic) bond motifs is 1. The van der Waals surface area contributed by atoms with E-state index in [9.17, 15) is 4.79 Å². The summed E-state index contributed by atoms with van der Waals surface area (Å²) in [7, 11) is 0. The second-order valence-electron chi connectivity index (χ2n) is 7.65. The highest BCUT2D eigenvalue weighted by molar-refractivity contribution is 5.89. The van der Waals surface area contributed by atoms with Crippen molar-refractivity contribution in [1.29, 1.82) is 0 Å². The van der Waals surface area contributed by atoms with Crippen molar-refractivity contribution in [2.45, 2.75) is 19.8 Å². The summed E-state index contributed by atoms with van der Waals surface area (Å²) in [6.07, 6.45) is 3.81. The van der Waals surface area contributed by atoms with Crippen LogP contribution < -0.4 is 16.4 Å². The maximum absolute atomic E-state index is 12.3. The SMILES string of the molecule is Cc1nc(N)cc(-c2c(Nc3ccc(NC(=O)N4CCCC4)cc3)nc3cccnn23)n1. The number of carbonyl (C=O) groups excluding carboxylic acids is 1. The van der Waals surface area contributed by atoms with Gasteiger partial charge in [0.15, 0.2) is 11.5 Å². The molecule has 0 saturated carbocycles. The third kappa shape index (κ3) is 3.89. The molecule has 2 amide bonds. The summed E-state index contributed by atoms with van der Waals surface area (Å²) in [5.74, 6) is 1.53. The van der Waals surface area contributed by atoms with Crippen LogP contribution in [0.15, 0.2) is 48.7 Å². The monoisotopic (exact) mass is 429 g/mol. The van der Waals surface area contributed by atoms with Crippen LogP contribution in [0, 0.1) is 6.92 Å². The Labute approximate surface area is 184 Å². The first-order valence-corrected chi connectivity index (χ1v) is 10.4. The van der Waals surface area contributed by atoms with E-state index in [1.165, 1.54) is 0 Å². The fraction of sp³-hybridized carbons (Fsp3) is 0.227. The number of anilines is 4. The lowest BCUT2D eigenvalue weighted by Gasteiger charge is -2.16. The topological polar surface area (TPSA) is 126 Å². The number of nitrogens with zero attached hydrogens (tertiary/aromatic N) is 6. The first-order chi connectivity index (χ1) is 15.6. The number of rotatable bonds is 4. The van der Waals surface area contributed by atoms with E-state index < -0.39 is 0 Å². The predicted molar refractivity (Wildman–Crippen MR) is 123 cm³/mol. The van der Waals surface area contributed by atoms with Gasteiger partial charge in [-0.2, -0.15) is 5.10 Å². The summed E-state index contributed by atoms with van der Waals surface area (Å²) >= 11 is 0. The molecule has 0 spiro atoms. The first-order valence-electron chi connectivity index (χ1n) is 10.4. The molecule has 4 heterocycles. The van der Waals surface area contributed by atoms with Crippen molar-refractivity contribution in [2.75, 3.05) is 29.5 Å². The standard InChI is InChI=1S/C22H23N9O/c1-14-25-17(13-18(23)26-14)20-21(29-19-5-4-10-24-31(19)20)27-15-6-8-16(9-7-15)28-22(32)30-11-2-3-12-30/h4-10,13,27H,2-3,11-12H2,1H3,(H,28,32)(H2,23,25,26). The molecule has 4 aromatic rings. The molecule has 10 nitrogen and oxygen atoms in total. The molecule has 1 aromatic carbocycles. The number of carbonyl (C=O) groups is 1. The van der Waals surface area contributed by atoms with E-state index in [1.54, 1.807) is 23.7 Å². The number of aryl methyl sites for hydroxylation is 1. The number of amides is 2. The number of aromatic nitrogens is 5. The molecule has 0 aliphatic carbocycles. The highest BCUT2D eigenvalue weighted by Gasteiger charge is 2.19. The van der Waals surface area contributed by atoms with E-state index in [4.69, 9.17) is 5.73 Å². The van der Waals surface area contributed by atoms with Crippen LogP contribution in [0.1, 0.15) is 18.7 Å². The molecule has 0 bridgehead atoms. The average Bonchev–Trinajstić information content (AvgIpc) is 3.42. The van der Waals surface area contributed by atoms with Crippen LogP contribution in [-0.4, -0.2) is 48.6 Å². The van der Waals surface area contributed by atoms with Crippen molar-refractivity contribution >= 4 is 34.7 Å². The fourth-order valence-electron chi connectivity index (χ4n) is 3.81. The fourth-order valence-corrected chi connectivity index (χ4v) is 3.81. The van der Waals surface area contributed by atoms with E-state index in [0.717, 1.165) is 37.3 Å². The van der Waals surface area contributed by atoms with Crippen LogP contribution in [-0.2, 0) is 0 Å². The number of hydrogen-bond acceptors (Lipinski definition) is 7. The number of nitrogens with two attached hydrogens (primary N) is 1. The van der Waals surface area contributed by atoms with Gasteiger partial charge in [0.1, 0.15) is 17.3 Å². The molecular weight excluding hydrogens is 406 g/mol. The number of benzene rings is 1. The summed E-state index contributed by atoms with van der Waals surface area (Å²) in [5, 5.41) is 10.7. The average molecular weight is 429 g/mol. The molecule has 4 N–H and O–H groups in total. The molecule has 1 saturated heterocycles. The zero-order chi connectivity index (χ0) is 22.1. The van der Waals surface area contributed by atoms with Crippen LogP contribution in [0.5, 0.6) is 0 Å². The molecule has 162 valence electrons. The minimum Gasteiger partial charge on any atom is -0.384 e. The molecule has 1 aliphatic heterocycles. The highest BCUT2D eigenvalue weighted by atomic mass is 16.2. The van der Waals surface area contributed by atoms with E-state index in [2.05, 4.69) is 30.7 Å². The van der Waals surface area contributed by atoms with Crippen LogP contribution in [0.3, 0.4) is 0 Å². The lowest BCUT2D eigenvalue weighted by molar-refractivity contribution is 0.222.